The Kier molecular flexibility index (Phi) is 4.94. The van der Waals surface area contributed by atoms with Gasteiger partial charge in [0.1, 0.15) is 12.3 Å². The molecule has 0 aliphatic rings. The van der Waals surface area contributed by atoms with E-state index in [4.69, 9.17) is 4.74 Å². The van der Waals surface area contributed by atoms with Crippen molar-refractivity contribution in [1.82, 2.24) is 4.98 Å². The molecular formula is C13H13F2N3O3. The molecule has 0 atom stereocenters. The van der Waals surface area contributed by atoms with Gasteiger partial charge < -0.3 is 10.1 Å². The molecule has 0 saturated heterocycles. The molecule has 0 radical (unpaired) electrons. The molecule has 0 amide bonds. The van der Waals surface area contributed by atoms with Gasteiger partial charge in [0.25, 0.3) is 6.43 Å². The quantitative estimate of drug-likeness (QED) is 0.483. The number of fused-ring (bicyclic) bond motifs is 1. The maximum absolute atomic E-state index is 11.9. The van der Waals surface area contributed by atoms with Crippen molar-refractivity contribution in [1.29, 1.82) is 0 Å². The number of pyridine rings is 1. The molecule has 2 rings (SSSR count). The van der Waals surface area contributed by atoms with E-state index in [1.807, 2.05) is 0 Å². The Morgan fingerprint density at radius 1 is 1.38 bits per heavy atom. The summed E-state index contributed by atoms with van der Waals surface area (Å²) in [7, 11) is 0. The first kappa shape index (κ1) is 15.0. The summed E-state index contributed by atoms with van der Waals surface area (Å²) >= 11 is 0. The molecule has 0 aliphatic heterocycles. The molecule has 21 heavy (non-hydrogen) atoms. The highest BCUT2D eigenvalue weighted by molar-refractivity contribution is 5.94. The third-order valence-corrected chi connectivity index (χ3v) is 2.74. The molecule has 0 saturated carbocycles. The van der Waals surface area contributed by atoms with E-state index in [1.54, 1.807) is 30.5 Å². The Balaban J connectivity index is 2.12. The smallest absolute Gasteiger partial charge is 0.301 e. The summed E-state index contributed by atoms with van der Waals surface area (Å²) < 4.78 is 28.5. The molecule has 0 fully saturated rings. The van der Waals surface area contributed by atoms with Crippen molar-refractivity contribution in [2.24, 2.45) is 0 Å². The summed E-state index contributed by atoms with van der Waals surface area (Å²) in [6, 6.07) is 6.43. The monoisotopic (exact) mass is 297 g/mol. The van der Waals surface area contributed by atoms with Gasteiger partial charge in [0.2, 0.25) is 0 Å². The van der Waals surface area contributed by atoms with E-state index in [9.17, 15) is 18.9 Å². The Morgan fingerprint density at radius 3 is 2.90 bits per heavy atom. The number of nitro groups is 1. The molecule has 1 heterocycles. The van der Waals surface area contributed by atoms with Crippen molar-refractivity contribution in [2.45, 2.75) is 6.43 Å². The first-order valence-electron chi connectivity index (χ1n) is 6.21. The van der Waals surface area contributed by atoms with E-state index in [2.05, 4.69) is 10.3 Å². The van der Waals surface area contributed by atoms with Crippen LogP contribution in [0.1, 0.15) is 0 Å². The Bertz CT molecular complexity index is 637. The zero-order valence-corrected chi connectivity index (χ0v) is 11.0. The van der Waals surface area contributed by atoms with Crippen LogP contribution in [0.15, 0.2) is 30.5 Å². The molecule has 0 unspecified atom stereocenters. The SMILES string of the molecule is O=[N+]([O-])c1c(NCCOCC(F)F)ccc2ncccc12. The second-order valence-electron chi connectivity index (χ2n) is 4.18. The van der Waals surface area contributed by atoms with E-state index in [0.717, 1.165) is 0 Å². The van der Waals surface area contributed by atoms with Gasteiger partial charge in [0.15, 0.2) is 0 Å². The number of rotatable bonds is 7. The fourth-order valence-corrected chi connectivity index (χ4v) is 1.91. The summed E-state index contributed by atoms with van der Waals surface area (Å²) in [5.74, 6) is 0. The van der Waals surface area contributed by atoms with Crippen molar-refractivity contribution in [3.05, 3.63) is 40.6 Å². The molecule has 1 N–H and O–H groups in total. The van der Waals surface area contributed by atoms with Gasteiger partial charge in [-0.15, -0.1) is 0 Å². The number of nitro benzene ring substituents is 1. The molecule has 0 aliphatic carbocycles. The Hall–Kier alpha value is -2.35. The average molecular weight is 297 g/mol. The third-order valence-electron chi connectivity index (χ3n) is 2.74. The van der Waals surface area contributed by atoms with Crippen LogP contribution in [0.2, 0.25) is 0 Å². The second kappa shape index (κ2) is 6.89. The molecule has 2 aromatic rings. The van der Waals surface area contributed by atoms with Crippen LogP contribution in [0.4, 0.5) is 20.2 Å². The van der Waals surface area contributed by atoms with Crippen molar-refractivity contribution in [3.63, 3.8) is 0 Å². The highest BCUT2D eigenvalue weighted by Gasteiger charge is 2.18. The number of aromatic nitrogens is 1. The zero-order valence-electron chi connectivity index (χ0n) is 11.0. The molecule has 112 valence electrons. The number of alkyl halides is 2. The topological polar surface area (TPSA) is 77.3 Å². The predicted octanol–water partition coefficient (Wildman–Crippen LogP) is 2.84. The largest absolute Gasteiger partial charge is 0.377 e. The third kappa shape index (κ3) is 3.82. The Morgan fingerprint density at radius 2 is 2.19 bits per heavy atom. The molecule has 0 bridgehead atoms. The highest BCUT2D eigenvalue weighted by Crippen LogP contribution is 2.32. The minimum Gasteiger partial charge on any atom is -0.377 e. The number of benzene rings is 1. The lowest BCUT2D eigenvalue weighted by Crippen LogP contribution is -2.13. The molecular weight excluding hydrogens is 284 g/mol. The second-order valence-corrected chi connectivity index (χ2v) is 4.18. The van der Waals surface area contributed by atoms with Crippen LogP contribution in [0, 0.1) is 10.1 Å². The van der Waals surface area contributed by atoms with Gasteiger partial charge in [-0.25, -0.2) is 8.78 Å². The van der Waals surface area contributed by atoms with Crippen molar-refractivity contribution < 1.29 is 18.4 Å². The Labute approximate surface area is 118 Å². The molecule has 6 nitrogen and oxygen atoms in total. The summed E-state index contributed by atoms with van der Waals surface area (Å²) in [6.07, 6.45) is -0.969. The van der Waals surface area contributed by atoms with Gasteiger partial charge in [-0.2, -0.15) is 0 Å². The summed E-state index contributed by atoms with van der Waals surface area (Å²) in [5.41, 5.74) is 0.735. The van der Waals surface area contributed by atoms with Gasteiger partial charge in [-0.3, -0.25) is 15.1 Å². The summed E-state index contributed by atoms with van der Waals surface area (Å²) in [6.45, 7) is -0.419. The molecule has 0 spiro atoms. The first-order chi connectivity index (χ1) is 10.1. The van der Waals surface area contributed by atoms with Gasteiger partial charge in [0.05, 0.1) is 22.4 Å². The first-order valence-corrected chi connectivity index (χ1v) is 6.21. The van der Waals surface area contributed by atoms with Gasteiger partial charge in [-0.05, 0) is 24.3 Å². The average Bonchev–Trinajstić information content (AvgIpc) is 2.45. The standard InChI is InChI=1S/C13H13F2N3O3/c14-12(15)8-21-7-6-17-11-4-3-10-9(2-1-5-16-10)13(11)18(19)20/h1-5,12,17H,6-8H2. The van der Waals surface area contributed by atoms with Crippen LogP contribution in [0.25, 0.3) is 10.9 Å². The highest BCUT2D eigenvalue weighted by atomic mass is 19.3. The van der Waals surface area contributed by atoms with E-state index in [-0.39, 0.29) is 18.8 Å². The van der Waals surface area contributed by atoms with Crippen molar-refractivity contribution in [2.75, 3.05) is 25.1 Å². The number of ether oxygens (including phenoxy) is 1. The lowest BCUT2D eigenvalue weighted by molar-refractivity contribution is -0.382. The minimum absolute atomic E-state index is 0.0343. The van der Waals surface area contributed by atoms with E-state index in [0.29, 0.717) is 16.6 Å². The number of hydrogen-bond donors (Lipinski definition) is 1. The van der Waals surface area contributed by atoms with Crippen LogP contribution in [-0.4, -0.2) is 36.1 Å². The number of nitrogens with one attached hydrogen (secondary N) is 1. The molecule has 1 aromatic heterocycles. The minimum atomic E-state index is -2.52. The van der Waals surface area contributed by atoms with Gasteiger partial charge in [-0.1, -0.05) is 0 Å². The van der Waals surface area contributed by atoms with Gasteiger partial charge >= 0.3 is 5.69 Å². The van der Waals surface area contributed by atoms with E-state index < -0.39 is 18.0 Å². The number of anilines is 1. The number of halogens is 2. The fourth-order valence-electron chi connectivity index (χ4n) is 1.91. The lowest BCUT2D eigenvalue weighted by atomic mass is 10.1. The van der Waals surface area contributed by atoms with E-state index >= 15 is 0 Å². The van der Waals surface area contributed by atoms with Crippen molar-refractivity contribution in [3.8, 4) is 0 Å². The van der Waals surface area contributed by atoms with Gasteiger partial charge in [0, 0.05) is 12.7 Å². The predicted molar refractivity (Wildman–Crippen MR) is 73.7 cm³/mol. The molecule has 1 aromatic carbocycles. The van der Waals surface area contributed by atoms with Crippen LogP contribution in [0.3, 0.4) is 0 Å². The van der Waals surface area contributed by atoms with Crippen LogP contribution in [-0.2, 0) is 4.74 Å². The fraction of sp³-hybridized carbons (Fsp3) is 0.308. The van der Waals surface area contributed by atoms with Crippen LogP contribution in [0.5, 0.6) is 0 Å². The number of nitrogens with zero attached hydrogens (tertiary/aromatic N) is 2. The normalized spacial score (nSPS) is 11.0. The summed E-state index contributed by atoms with van der Waals surface area (Å²) in [5, 5.41) is 14.5. The summed E-state index contributed by atoms with van der Waals surface area (Å²) in [4.78, 5) is 14.8. The van der Waals surface area contributed by atoms with E-state index in [1.165, 1.54) is 0 Å². The maximum atomic E-state index is 11.9. The van der Waals surface area contributed by atoms with Crippen LogP contribution < -0.4 is 5.32 Å². The van der Waals surface area contributed by atoms with Crippen LogP contribution >= 0.6 is 0 Å². The lowest BCUT2D eigenvalue weighted by Gasteiger charge is -2.09. The maximum Gasteiger partial charge on any atom is 0.301 e. The number of hydrogen-bond acceptors (Lipinski definition) is 5. The molecule has 8 heteroatoms. The zero-order chi connectivity index (χ0) is 15.2. The van der Waals surface area contributed by atoms with Crippen molar-refractivity contribution >= 4 is 22.3 Å².